The Hall–Kier alpha value is -3.14. The fraction of sp³-hybridized carbons (Fsp3) is 0.167. The van der Waals surface area contributed by atoms with Crippen molar-refractivity contribution >= 4 is 23.4 Å². The van der Waals surface area contributed by atoms with E-state index in [4.69, 9.17) is 13.9 Å². The Kier molecular flexibility index (Phi) is 5.11. The van der Waals surface area contributed by atoms with Gasteiger partial charge in [-0.15, -0.1) is 10.2 Å². The maximum atomic E-state index is 13.6. The molecule has 1 atom stereocenters. The minimum atomic E-state index is -0.854. The quantitative estimate of drug-likeness (QED) is 0.649. The molecule has 0 bridgehead atoms. The molecular weight excluding hydrogens is 392 g/mol. The van der Waals surface area contributed by atoms with Crippen LogP contribution >= 0.6 is 11.8 Å². The monoisotopic (exact) mass is 405 g/mol. The molecule has 2 heterocycles. The van der Waals surface area contributed by atoms with Gasteiger partial charge < -0.3 is 19.2 Å². The van der Waals surface area contributed by atoms with Crippen LogP contribution in [0.5, 0.6) is 11.5 Å². The van der Waals surface area contributed by atoms with Gasteiger partial charge in [0.2, 0.25) is 12.0 Å². The normalized spacial score (nSPS) is 15.3. The number of anilines is 1. The lowest BCUT2D eigenvalue weighted by molar-refractivity contribution is -0.113. The van der Waals surface area contributed by atoms with Crippen LogP contribution < -0.4 is 14.8 Å². The highest BCUT2D eigenvalue weighted by atomic mass is 32.2. The first kappa shape index (κ1) is 18.2. The van der Waals surface area contributed by atoms with E-state index >= 15 is 0 Å². The number of amides is 1. The summed E-state index contributed by atoms with van der Waals surface area (Å²) in [7, 11) is 0. The molecule has 0 aliphatic carbocycles. The van der Waals surface area contributed by atoms with Crippen LogP contribution in [0.3, 0.4) is 0 Å². The Bertz CT molecular complexity index is 1010. The highest BCUT2D eigenvalue weighted by Crippen LogP contribution is 2.35. The van der Waals surface area contributed by atoms with Crippen molar-refractivity contribution in [1.82, 2.24) is 10.2 Å². The second-order valence-electron chi connectivity index (χ2n) is 5.73. The van der Waals surface area contributed by atoms with Gasteiger partial charge in [0.25, 0.3) is 11.1 Å². The van der Waals surface area contributed by atoms with E-state index in [9.17, 15) is 13.6 Å². The summed E-state index contributed by atoms with van der Waals surface area (Å²) in [5.41, 5.74) is -0.107. The van der Waals surface area contributed by atoms with Gasteiger partial charge in [-0.05, 0) is 24.3 Å². The number of rotatable bonds is 5. The van der Waals surface area contributed by atoms with Crippen LogP contribution in [0.2, 0.25) is 0 Å². The number of aromatic nitrogens is 2. The van der Waals surface area contributed by atoms with Crippen molar-refractivity contribution in [2.45, 2.75) is 11.3 Å². The molecule has 1 aliphatic heterocycles. The molecule has 0 saturated heterocycles. The van der Waals surface area contributed by atoms with Crippen LogP contribution in [-0.4, -0.2) is 28.5 Å². The molecule has 1 aromatic heterocycles. The Balaban J connectivity index is 1.33. The average Bonchev–Trinajstić information content (AvgIpc) is 3.17. The number of ether oxygens (including phenoxy) is 2. The zero-order valence-corrected chi connectivity index (χ0v) is 15.0. The lowest BCUT2D eigenvalue weighted by Crippen LogP contribution is -2.21. The van der Waals surface area contributed by atoms with Crippen LogP contribution in [0.4, 0.5) is 14.5 Å². The number of nitrogens with one attached hydrogen (secondary N) is 1. The van der Waals surface area contributed by atoms with Gasteiger partial charge in [0.1, 0.15) is 18.2 Å². The van der Waals surface area contributed by atoms with Crippen LogP contribution in [0.25, 0.3) is 0 Å². The third kappa shape index (κ3) is 4.06. The van der Waals surface area contributed by atoms with Crippen molar-refractivity contribution in [3.05, 3.63) is 60.0 Å². The fourth-order valence-corrected chi connectivity index (χ4v) is 3.02. The number of carbonyl (C=O) groups is 1. The molecule has 0 radical (unpaired) electrons. The lowest BCUT2D eigenvalue weighted by atomic mass is 10.2. The van der Waals surface area contributed by atoms with E-state index in [-0.39, 0.29) is 29.2 Å². The van der Waals surface area contributed by atoms with E-state index in [2.05, 4.69) is 15.5 Å². The van der Waals surface area contributed by atoms with E-state index < -0.39 is 23.6 Å². The third-order valence-electron chi connectivity index (χ3n) is 3.74. The molecule has 0 saturated carbocycles. The largest absolute Gasteiger partial charge is 0.485 e. The van der Waals surface area contributed by atoms with E-state index in [1.54, 1.807) is 12.1 Å². The molecule has 0 unspecified atom stereocenters. The summed E-state index contributed by atoms with van der Waals surface area (Å²) in [5, 5.41) is 10.3. The molecule has 2 aromatic carbocycles. The number of thioether (sulfide) groups is 1. The number of fused-ring (bicyclic) bond motifs is 1. The smallest absolute Gasteiger partial charge is 0.277 e. The number of para-hydroxylation sites is 2. The summed E-state index contributed by atoms with van der Waals surface area (Å²) >= 11 is 0.982. The lowest BCUT2D eigenvalue weighted by Gasteiger charge is -2.23. The maximum Gasteiger partial charge on any atom is 0.277 e. The Morgan fingerprint density at radius 1 is 1.18 bits per heavy atom. The SMILES string of the molecule is O=C(CSc1nnc([C@@H]2COc3ccccc3O2)o1)Nc1ccc(F)cc1F. The van der Waals surface area contributed by atoms with Crippen LogP contribution in [0.1, 0.15) is 12.0 Å². The second kappa shape index (κ2) is 7.85. The molecule has 7 nitrogen and oxygen atoms in total. The van der Waals surface area contributed by atoms with Crippen molar-refractivity contribution in [3.63, 3.8) is 0 Å². The predicted molar refractivity (Wildman–Crippen MR) is 95.3 cm³/mol. The first-order valence-electron chi connectivity index (χ1n) is 8.18. The summed E-state index contributed by atoms with van der Waals surface area (Å²) in [4.78, 5) is 11.9. The van der Waals surface area contributed by atoms with Crippen molar-refractivity contribution < 1.29 is 27.5 Å². The molecule has 0 fully saturated rings. The molecule has 10 heteroatoms. The van der Waals surface area contributed by atoms with Gasteiger partial charge in [-0.25, -0.2) is 8.78 Å². The van der Waals surface area contributed by atoms with Crippen molar-refractivity contribution in [3.8, 4) is 11.5 Å². The average molecular weight is 405 g/mol. The van der Waals surface area contributed by atoms with Gasteiger partial charge >= 0.3 is 0 Å². The van der Waals surface area contributed by atoms with E-state index in [1.165, 1.54) is 0 Å². The zero-order valence-electron chi connectivity index (χ0n) is 14.2. The van der Waals surface area contributed by atoms with Gasteiger partial charge in [-0.3, -0.25) is 4.79 Å². The Morgan fingerprint density at radius 2 is 2.00 bits per heavy atom. The minimum absolute atomic E-state index is 0.0939. The van der Waals surface area contributed by atoms with Crippen molar-refractivity contribution in [1.29, 1.82) is 0 Å². The zero-order chi connectivity index (χ0) is 19.5. The Labute approximate surface area is 162 Å². The number of halogens is 2. The summed E-state index contributed by atoms with van der Waals surface area (Å²) in [5.74, 6) is -0.732. The molecule has 1 N–H and O–H groups in total. The molecule has 0 spiro atoms. The third-order valence-corrected chi connectivity index (χ3v) is 4.56. The Morgan fingerprint density at radius 3 is 2.82 bits per heavy atom. The van der Waals surface area contributed by atoms with Crippen LogP contribution in [0, 0.1) is 11.6 Å². The predicted octanol–water partition coefficient (Wildman–Crippen LogP) is 3.59. The molecule has 1 aliphatic rings. The van der Waals surface area contributed by atoms with Gasteiger partial charge in [0.15, 0.2) is 11.5 Å². The highest BCUT2D eigenvalue weighted by Gasteiger charge is 2.27. The number of nitrogens with zero attached hydrogens (tertiary/aromatic N) is 2. The van der Waals surface area contributed by atoms with E-state index in [0.717, 1.165) is 23.9 Å². The standard InChI is InChI=1S/C18H13F2N3O4S/c19-10-5-6-12(11(20)7-10)21-16(24)9-28-18-23-22-17(27-18)15-8-25-13-3-1-2-4-14(13)26-15/h1-7,15H,8-9H2,(H,21,24)/t15-/m0/s1. The van der Waals surface area contributed by atoms with Crippen LogP contribution in [-0.2, 0) is 4.79 Å². The molecule has 4 rings (SSSR count). The fourth-order valence-electron chi connectivity index (χ4n) is 2.45. The minimum Gasteiger partial charge on any atom is -0.485 e. The first-order chi connectivity index (χ1) is 13.6. The maximum absolute atomic E-state index is 13.6. The second-order valence-corrected chi connectivity index (χ2v) is 6.66. The van der Waals surface area contributed by atoms with E-state index in [1.807, 2.05) is 12.1 Å². The molecule has 144 valence electrons. The molecule has 3 aromatic rings. The topological polar surface area (TPSA) is 86.5 Å². The van der Waals surface area contributed by atoms with Gasteiger partial charge in [-0.1, -0.05) is 23.9 Å². The summed E-state index contributed by atoms with van der Waals surface area (Å²) in [6.07, 6.45) is -0.557. The van der Waals surface area contributed by atoms with Crippen molar-refractivity contribution in [2.75, 3.05) is 17.7 Å². The number of hydrogen-bond donors (Lipinski definition) is 1. The van der Waals surface area contributed by atoms with Crippen LogP contribution in [0.15, 0.2) is 52.1 Å². The number of benzene rings is 2. The summed E-state index contributed by atoms with van der Waals surface area (Å²) in [6, 6.07) is 10.1. The molecule has 1 amide bonds. The van der Waals surface area contributed by atoms with E-state index in [0.29, 0.717) is 17.6 Å². The van der Waals surface area contributed by atoms with Gasteiger partial charge in [-0.2, -0.15) is 0 Å². The molecular formula is C18H13F2N3O4S. The highest BCUT2D eigenvalue weighted by molar-refractivity contribution is 7.99. The first-order valence-corrected chi connectivity index (χ1v) is 9.16. The van der Waals surface area contributed by atoms with Crippen molar-refractivity contribution in [2.24, 2.45) is 0 Å². The van der Waals surface area contributed by atoms with Gasteiger partial charge in [0.05, 0.1) is 11.4 Å². The summed E-state index contributed by atoms with van der Waals surface area (Å²) < 4.78 is 43.3. The molecule has 28 heavy (non-hydrogen) atoms. The summed E-state index contributed by atoms with van der Waals surface area (Å²) in [6.45, 7) is 0.216. The number of hydrogen-bond acceptors (Lipinski definition) is 7. The van der Waals surface area contributed by atoms with Gasteiger partial charge in [0, 0.05) is 6.07 Å². The number of carbonyl (C=O) groups excluding carboxylic acids is 1.